The second-order valence-corrected chi connectivity index (χ2v) is 5.33. The van der Waals surface area contributed by atoms with Crippen molar-refractivity contribution in [2.24, 2.45) is 5.73 Å². The Bertz CT molecular complexity index is 561. The van der Waals surface area contributed by atoms with E-state index in [1.165, 1.54) is 11.1 Å². The van der Waals surface area contributed by atoms with Gasteiger partial charge in [0.2, 0.25) is 0 Å². The van der Waals surface area contributed by atoms with Crippen molar-refractivity contribution >= 4 is 23.2 Å². The molecule has 2 rings (SSSR count). The van der Waals surface area contributed by atoms with Gasteiger partial charge >= 0.3 is 0 Å². The van der Waals surface area contributed by atoms with E-state index in [0.29, 0.717) is 10.0 Å². The second-order valence-electron chi connectivity index (χ2n) is 4.49. The molecule has 0 spiro atoms. The molecule has 0 aliphatic heterocycles. The van der Waals surface area contributed by atoms with Gasteiger partial charge in [0.15, 0.2) is 0 Å². The van der Waals surface area contributed by atoms with Crippen LogP contribution in [-0.4, -0.2) is 0 Å². The number of halogens is 2. The molecule has 18 heavy (non-hydrogen) atoms. The summed E-state index contributed by atoms with van der Waals surface area (Å²) in [5.41, 5.74) is 10.6. The van der Waals surface area contributed by atoms with Crippen LogP contribution in [-0.2, 0) is 0 Å². The Morgan fingerprint density at radius 3 is 2.11 bits per heavy atom. The Morgan fingerprint density at radius 2 is 1.50 bits per heavy atom. The standard InChI is InChI=1S/C15H15Cl2N/c1-9-7-13(14(17)8-10(9)2)15(18)11-3-5-12(16)6-4-11/h3-8,15H,18H2,1-2H3. The van der Waals surface area contributed by atoms with Crippen LogP contribution in [0.4, 0.5) is 0 Å². The zero-order chi connectivity index (χ0) is 13.3. The predicted octanol–water partition coefficient (Wildman–Crippen LogP) is 4.66. The lowest BCUT2D eigenvalue weighted by Crippen LogP contribution is -2.12. The quantitative estimate of drug-likeness (QED) is 0.850. The molecule has 0 bridgehead atoms. The third-order valence-corrected chi connectivity index (χ3v) is 3.76. The number of aryl methyl sites for hydroxylation is 2. The van der Waals surface area contributed by atoms with Gasteiger partial charge in [0, 0.05) is 10.0 Å². The second kappa shape index (κ2) is 5.31. The SMILES string of the molecule is Cc1cc(Cl)c(C(N)c2ccc(Cl)cc2)cc1C. The largest absolute Gasteiger partial charge is 0.320 e. The van der Waals surface area contributed by atoms with E-state index < -0.39 is 0 Å². The topological polar surface area (TPSA) is 26.0 Å². The fraction of sp³-hybridized carbons (Fsp3) is 0.200. The summed E-state index contributed by atoms with van der Waals surface area (Å²) in [6, 6.07) is 11.3. The normalized spacial score (nSPS) is 12.5. The first-order valence-electron chi connectivity index (χ1n) is 5.76. The van der Waals surface area contributed by atoms with Gasteiger partial charge < -0.3 is 5.73 Å². The van der Waals surface area contributed by atoms with E-state index in [9.17, 15) is 0 Å². The van der Waals surface area contributed by atoms with Crippen LogP contribution < -0.4 is 5.73 Å². The van der Waals surface area contributed by atoms with Crippen LogP contribution in [0.1, 0.15) is 28.3 Å². The van der Waals surface area contributed by atoms with Gasteiger partial charge in [0.05, 0.1) is 6.04 Å². The predicted molar refractivity (Wildman–Crippen MR) is 78.4 cm³/mol. The van der Waals surface area contributed by atoms with E-state index >= 15 is 0 Å². The van der Waals surface area contributed by atoms with Crippen molar-refractivity contribution in [3.8, 4) is 0 Å². The van der Waals surface area contributed by atoms with Gasteiger partial charge in [-0.15, -0.1) is 0 Å². The summed E-state index contributed by atoms with van der Waals surface area (Å²) in [5, 5.41) is 1.41. The van der Waals surface area contributed by atoms with Crippen molar-refractivity contribution in [2.75, 3.05) is 0 Å². The maximum atomic E-state index is 6.27. The summed E-state index contributed by atoms with van der Waals surface area (Å²) in [6.07, 6.45) is 0. The monoisotopic (exact) mass is 279 g/mol. The maximum absolute atomic E-state index is 6.27. The molecule has 1 atom stereocenters. The summed E-state index contributed by atoms with van der Waals surface area (Å²) in [6.45, 7) is 4.10. The minimum Gasteiger partial charge on any atom is -0.320 e. The zero-order valence-electron chi connectivity index (χ0n) is 10.4. The summed E-state index contributed by atoms with van der Waals surface area (Å²) < 4.78 is 0. The molecule has 3 heteroatoms. The van der Waals surface area contributed by atoms with Gasteiger partial charge in [-0.2, -0.15) is 0 Å². The van der Waals surface area contributed by atoms with Gasteiger partial charge in [0.25, 0.3) is 0 Å². The van der Waals surface area contributed by atoms with Crippen LogP contribution in [0.3, 0.4) is 0 Å². The zero-order valence-corrected chi connectivity index (χ0v) is 11.9. The molecule has 0 saturated heterocycles. The minimum absolute atomic E-state index is 0.228. The molecule has 0 radical (unpaired) electrons. The molecule has 94 valence electrons. The molecule has 0 aromatic heterocycles. The van der Waals surface area contributed by atoms with E-state index in [0.717, 1.165) is 11.1 Å². The average Bonchev–Trinajstić information content (AvgIpc) is 2.34. The van der Waals surface area contributed by atoms with E-state index in [1.807, 2.05) is 37.3 Å². The molecule has 0 heterocycles. The molecule has 0 fully saturated rings. The van der Waals surface area contributed by atoms with Crippen LogP contribution in [0.5, 0.6) is 0 Å². The highest BCUT2D eigenvalue weighted by atomic mass is 35.5. The number of hydrogen-bond acceptors (Lipinski definition) is 1. The molecule has 2 aromatic rings. The fourth-order valence-corrected chi connectivity index (χ4v) is 2.35. The lowest BCUT2D eigenvalue weighted by atomic mass is 9.96. The Labute approximate surface area is 118 Å². The molecule has 0 saturated carbocycles. The van der Waals surface area contributed by atoms with Crippen molar-refractivity contribution in [1.82, 2.24) is 0 Å². The Balaban J connectivity index is 2.42. The summed E-state index contributed by atoms with van der Waals surface area (Å²) in [4.78, 5) is 0. The summed E-state index contributed by atoms with van der Waals surface area (Å²) in [5.74, 6) is 0. The van der Waals surface area contributed by atoms with E-state index in [-0.39, 0.29) is 6.04 Å². The van der Waals surface area contributed by atoms with E-state index in [4.69, 9.17) is 28.9 Å². The molecule has 0 amide bonds. The van der Waals surface area contributed by atoms with Gasteiger partial charge in [-0.3, -0.25) is 0 Å². The molecule has 1 unspecified atom stereocenters. The number of hydrogen-bond donors (Lipinski definition) is 1. The smallest absolute Gasteiger partial charge is 0.0566 e. The number of rotatable bonds is 2. The Kier molecular flexibility index (Phi) is 3.96. The highest BCUT2D eigenvalue weighted by Crippen LogP contribution is 2.29. The molecule has 2 aromatic carbocycles. The van der Waals surface area contributed by atoms with E-state index in [2.05, 4.69) is 13.0 Å². The van der Waals surface area contributed by atoms with Gasteiger partial charge in [-0.25, -0.2) is 0 Å². The fourth-order valence-electron chi connectivity index (χ4n) is 1.89. The van der Waals surface area contributed by atoms with Crippen molar-refractivity contribution in [1.29, 1.82) is 0 Å². The molecule has 0 aliphatic rings. The van der Waals surface area contributed by atoms with Crippen LogP contribution in [0.25, 0.3) is 0 Å². The Hall–Kier alpha value is -1.02. The van der Waals surface area contributed by atoms with Crippen molar-refractivity contribution in [3.05, 3.63) is 68.7 Å². The highest BCUT2D eigenvalue weighted by Gasteiger charge is 2.13. The number of benzene rings is 2. The average molecular weight is 280 g/mol. The molecular formula is C15H15Cl2N. The first kappa shape index (κ1) is 13.4. The van der Waals surface area contributed by atoms with Gasteiger partial charge in [-0.1, -0.05) is 41.4 Å². The van der Waals surface area contributed by atoms with Gasteiger partial charge in [0.1, 0.15) is 0 Å². The summed E-state index contributed by atoms with van der Waals surface area (Å²) >= 11 is 12.1. The first-order valence-corrected chi connectivity index (χ1v) is 6.52. The molecule has 0 aliphatic carbocycles. The summed E-state index contributed by atoms with van der Waals surface area (Å²) in [7, 11) is 0. The lowest BCUT2D eigenvalue weighted by Gasteiger charge is -2.16. The third kappa shape index (κ3) is 2.69. The van der Waals surface area contributed by atoms with Crippen LogP contribution >= 0.6 is 23.2 Å². The van der Waals surface area contributed by atoms with Crippen LogP contribution in [0.2, 0.25) is 10.0 Å². The molecule has 1 nitrogen and oxygen atoms in total. The van der Waals surface area contributed by atoms with Crippen molar-refractivity contribution in [2.45, 2.75) is 19.9 Å². The third-order valence-electron chi connectivity index (χ3n) is 3.18. The highest BCUT2D eigenvalue weighted by molar-refractivity contribution is 6.31. The minimum atomic E-state index is -0.228. The first-order chi connectivity index (χ1) is 8.49. The number of nitrogens with two attached hydrogens (primary N) is 1. The lowest BCUT2D eigenvalue weighted by molar-refractivity contribution is 0.869. The van der Waals surface area contributed by atoms with Crippen molar-refractivity contribution < 1.29 is 0 Å². The Morgan fingerprint density at radius 1 is 0.944 bits per heavy atom. The van der Waals surface area contributed by atoms with E-state index in [1.54, 1.807) is 0 Å². The van der Waals surface area contributed by atoms with Crippen LogP contribution in [0, 0.1) is 13.8 Å². The molecule has 2 N–H and O–H groups in total. The van der Waals surface area contributed by atoms with Crippen LogP contribution in [0.15, 0.2) is 36.4 Å². The van der Waals surface area contributed by atoms with Gasteiger partial charge in [-0.05, 0) is 54.3 Å². The maximum Gasteiger partial charge on any atom is 0.0566 e. The van der Waals surface area contributed by atoms with Crippen molar-refractivity contribution in [3.63, 3.8) is 0 Å². The molecular weight excluding hydrogens is 265 g/mol.